The summed E-state index contributed by atoms with van der Waals surface area (Å²) in [7, 11) is 0. The molecule has 0 unspecified atom stereocenters. The third-order valence-electron chi connectivity index (χ3n) is 2.70. The van der Waals surface area contributed by atoms with Crippen molar-refractivity contribution in [1.82, 2.24) is 4.98 Å². The first-order valence-electron chi connectivity index (χ1n) is 6.35. The molecule has 0 fully saturated rings. The summed E-state index contributed by atoms with van der Waals surface area (Å²) >= 11 is 0. The number of nitro benzene ring substituents is 1. The molecule has 0 saturated carbocycles. The van der Waals surface area contributed by atoms with Crippen LogP contribution in [0.3, 0.4) is 0 Å². The van der Waals surface area contributed by atoms with Crippen molar-refractivity contribution in [3.63, 3.8) is 0 Å². The Morgan fingerprint density at radius 1 is 1.38 bits per heavy atom. The fraction of sp³-hybridized carbons (Fsp3) is 0.214. The summed E-state index contributed by atoms with van der Waals surface area (Å²) in [6.45, 7) is 2.88. The van der Waals surface area contributed by atoms with Gasteiger partial charge >= 0.3 is 0 Å². The summed E-state index contributed by atoms with van der Waals surface area (Å²) < 4.78 is 18.9. The quantitative estimate of drug-likeness (QED) is 0.653. The Balaban J connectivity index is 2.01. The van der Waals surface area contributed by atoms with Crippen LogP contribution in [0.25, 0.3) is 0 Å². The van der Waals surface area contributed by atoms with Crippen LogP contribution >= 0.6 is 0 Å². The van der Waals surface area contributed by atoms with E-state index in [4.69, 9.17) is 4.74 Å². The lowest BCUT2D eigenvalue weighted by Gasteiger charge is -2.08. The van der Waals surface area contributed by atoms with Crippen molar-refractivity contribution in [2.45, 2.75) is 13.5 Å². The van der Waals surface area contributed by atoms with Gasteiger partial charge in [0.2, 0.25) is 0 Å². The van der Waals surface area contributed by atoms with Crippen LogP contribution in [0.15, 0.2) is 36.5 Å². The van der Waals surface area contributed by atoms with Crippen LogP contribution in [0.2, 0.25) is 0 Å². The van der Waals surface area contributed by atoms with E-state index < -0.39 is 10.7 Å². The molecule has 0 aliphatic carbocycles. The number of nitro groups is 1. The van der Waals surface area contributed by atoms with Gasteiger partial charge in [0.15, 0.2) is 11.6 Å². The fourth-order valence-electron chi connectivity index (χ4n) is 1.68. The fourth-order valence-corrected chi connectivity index (χ4v) is 1.68. The van der Waals surface area contributed by atoms with E-state index >= 15 is 0 Å². The van der Waals surface area contributed by atoms with Crippen molar-refractivity contribution in [3.8, 4) is 5.75 Å². The first-order chi connectivity index (χ1) is 10.1. The molecule has 1 aromatic heterocycles. The predicted octanol–water partition coefficient (Wildman–Crippen LogP) is 3.14. The van der Waals surface area contributed by atoms with Crippen molar-refractivity contribution < 1.29 is 14.1 Å². The Bertz CT molecular complexity index is 632. The molecule has 0 spiro atoms. The van der Waals surface area contributed by atoms with E-state index in [-0.39, 0.29) is 18.0 Å². The van der Waals surface area contributed by atoms with E-state index in [1.807, 2.05) is 13.0 Å². The molecule has 7 heteroatoms. The number of halogens is 1. The molecule has 110 valence electrons. The van der Waals surface area contributed by atoms with Gasteiger partial charge in [0.1, 0.15) is 12.4 Å². The summed E-state index contributed by atoms with van der Waals surface area (Å²) in [5.41, 5.74) is 0.464. The van der Waals surface area contributed by atoms with Crippen LogP contribution < -0.4 is 10.1 Å². The molecule has 21 heavy (non-hydrogen) atoms. The molecule has 0 aliphatic heterocycles. The molecule has 1 heterocycles. The first-order valence-corrected chi connectivity index (χ1v) is 6.35. The smallest absolute Gasteiger partial charge is 0.272 e. The molecular weight excluding hydrogens is 277 g/mol. The van der Waals surface area contributed by atoms with Crippen molar-refractivity contribution >= 4 is 11.5 Å². The lowest BCUT2D eigenvalue weighted by atomic mass is 10.3. The van der Waals surface area contributed by atoms with Crippen molar-refractivity contribution in [3.05, 3.63) is 58.0 Å². The predicted molar refractivity (Wildman–Crippen MR) is 75.8 cm³/mol. The molecule has 6 nitrogen and oxygen atoms in total. The SMILES string of the molecule is CCNc1ccc(COc2ccc([N+](=O)[O-])cc2F)cn1. The number of benzene rings is 1. The van der Waals surface area contributed by atoms with E-state index in [2.05, 4.69) is 10.3 Å². The minimum absolute atomic E-state index is 0.0311. The van der Waals surface area contributed by atoms with Gasteiger partial charge in [-0.2, -0.15) is 0 Å². The van der Waals surface area contributed by atoms with Gasteiger partial charge in [-0.3, -0.25) is 10.1 Å². The third-order valence-corrected chi connectivity index (χ3v) is 2.70. The first kappa shape index (κ1) is 14.7. The maximum atomic E-state index is 13.6. The molecule has 1 aromatic carbocycles. The van der Waals surface area contributed by atoms with Crippen LogP contribution in [0.4, 0.5) is 15.9 Å². The van der Waals surface area contributed by atoms with Crippen LogP contribution in [-0.2, 0) is 6.61 Å². The van der Waals surface area contributed by atoms with Gasteiger partial charge in [0.25, 0.3) is 5.69 Å². The molecule has 0 aliphatic rings. The topological polar surface area (TPSA) is 77.3 Å². The maximum absolute atomic E-state index is 13.6. The lowest BCUT2D eigenvalue weighted by Crippen LogP contribution is -2.01. The number of nitrogens with one attached hydrogen (secondary N) is 1. The number of nitrogens with zero attached hydrogens (tertiary/aromatic N) is 2. The number of hydrogen-bond donors (Lipinski definition) is 1. The van der Waals surface area contributed by atoms with Gasteiger partial charge in [-0.25, -0.2) is 9.37 Å². The van der Waals surface area contributed by atoms with Gasteiger partial charge in [0.05, 0.1) is 11.0 Å². The monoisotopic (exact) mass is 291 g/mol. The van der Waals surface area contributed by atoms with E-state index in [1.54, 1.807) is 12.3 Å². The number of ether oxygens (including phenoxy) is 1. The second kappa shape index (κ2) is 6.65. The van der Waals surface area contributed by atoms with Gasteiger partial charge in [-0.05, 0) is 19.1 Å². The van der Waals surface area contributed by atoms with Gasteiger partial charge in [-0.15, -0.1) is 0 Å². The number of hydrogen-bond acceptors (Lipinski definition) is 5. The van der Waals surface area contributed by atoms with Crippen molar-refractivity contribution in [2.24, 2.45) is 0 Å². The molecule has 0 bridgehead atoms. The number of rotatable bonds is 6. The largest absolute Gasteiger partial charge is 0.486 e. The number of pyridine rings is 1. The Labute approximate surface area is 120 Å². The zero-order valence-electron chi connectivity index (χ0n) is 11.4. The number of anilines is 1. The molecule has 0 radical (unpaired) electrons. The molecule has 2 rings (SSSR count). The summed E-state index contributed by atoms with van der Waals surface area (Å²) in [5, 5.41) is 13.6. The Morgan fingerprint density at radius 3 is 2.76 bits per heavy atom. The van der Waals surface area contributed by atoms with Crippen molar-refractivity contribution in [1.29, 1.82) is 0 Å². The summed E-state index contributed by atoms with van der Waals surface area (Å²) in [5.74, 6) is -0.0412. The standard InChI is InChI=1S/C14H14FN3O3/c1-2-16-14-6-3-10(8-17-14)9-21-13-5-4-11(18(19)20)7-12(13)15/h3-8H,2,9H2,1H3,(H,16,17). The zero-order valence-corrected chi connectivity index (χ0v) is 11.4. The lowest BCUT2D eigenvalue weighted by molar-refractivity contribution is -0.385. The minimum Gasteiger partial charge on any atom is -0.486 e. The van der Waals surface area contributed by atoms with E-state index in [9.17, 15) is 14.5 Å². The normalized spacial score (nSPS) is 10.2. The molecular formula is C14H14FN3O3. The van der Waals surface area contributed by atoms with Crippen LogP contribution in [0.1, 0.15) is 12.5 Å². The summed E-state index contributed by atoms with van der Waals surface area (Å²) in [4.78, 5) is 14.0. The highest BCUT2D eigenvalue weighted by Crippen LogP contribution is 2.23. The summed E-state index contributed by atoms with van der Waals surface area (Å²) in [6, 6.07) is 6.89. The third kappa shape index (κ3) is 3.88. The molecule has 1 N–H and O–H groups in total. The van der Waals surface area contributed by atoms with Gasteiger partial charge in [-0.1, -0.05) is 6.07 Å². The average Bonchev–Trinajstić information content (AvgIpc) is 2.47. The highest BCUT2D eigenvalue weighted by atomic mass is 19.1. The Morgan fingerprint density at radius 2 is 2.19 bits per heavy atom. The summed E-state index contributed by atoms with van der Waals surface area (Å²) in [6.07, 6.45) is 1.63. The Hall–Kier alpha value is -2.70. The minimum atomic E-state index is -0.763. The van der Waals surface area contributed by atoms with Crippen LogP contribution in [-0.4, -0.2) is 16.5 Å². The highest BCUT2D eigenvalue weighted by molar-refractivity contribution is 5.38. The maximum Gasteiger partial charge on any atom is 0.272 e. The average molecular weight is 291 g/mol. The van der Waals surface area contributed by atoms with Gasteiger partial charge < -0.3 is 10.1 Å². The molecule has 0 saturated heterocycles. The molecule has 2 aromatic rings. The Kier molecular flexibility index (Phi) is 4.65. The number of aromatic nitrogens is 1. The highest BCUT2D eigenvalue weighted by Gasteiger charge is 2.11. The zero-order chi connectivity index (χ0) is 15.2. The van der Waals surface area contributed by atoms with Crippen LogP contribution in [0, 0.1) is 15.9 Å². The second-order valence-electron chi connectivity index (χ2n) is 4.24. The van der Waals surface area contributed by atoms with Gasteiger partial charge in [0, 0.05) is 24.4 Å². The second-order valence-corrected chi connectivity index (χ2v) is 4.24. The van der Waals surface area contributed by atoms with Crippen LogP contribution in [0.5, 0.6) is 5.75 Å². The molecule has 0 amide bonds. The van der Waals surface area contributed by atoms with E-state index in [0.29, 0.717) is 0 Å². The van der Waals surface area contributed by atoms with E-state index in [0.717, 1.165) is 24.0 Å². The van der Waals surface area contributed by atoms with E-state index in [1.165, 1.54) is 12.1 Å². The number of non-ortho nitro benzene ring substituents is 1. The van der Waals surface area contributed by atoms with Crippen molar-refractivity contribution in [2.75, 3.05) is 11.9 Å². The molecule has 0 atom stereocenters.